The highest BCUT2D eigenvalue weighted by atomic mass is 15.4. The molecular formula is C18H48N12. The van der Waals surface area contributed by atoms with Crippen molar-refractivity contribution in [2.75, 3.05) is 0 Å². The first-order valence-corrected chi connectivity index (χ1v) is 10.6. The lowest BCUT2D eigenvalue weighted by Gasteiger charge is -2.58. The summed E-state index contributed by atoms with van der Waals surface area (Å²) in [5, 5.41) is 0. The van der Waals surface area contributed by atoms with Crippen LogP contribution in [0.25, 0.3) is 0 Å². The number of rotatable bonds is 15. The third kappa shape index (κ3) is 6.63. The normalized spacial score (nSPS) is 15.8. The zero-order chi connectivity index (χ0) is 23.9. The van der Waals surface area contributed by atoms with E-state index in [9.17, 15) is 0 Å². The van der Waals surface area contributed by atoms with Crippen LogP contribution >= 0.6 is 0 Å². The van der Waals surface area contributed by atoms with Gasteiger partial charge in [0, 0.05) is 6.04 Å². The minimum atomic E-state index is -2.38. The Bertz CT molecular complexity index is 522. The van der Waals surface area contributed by atoms with E-state index < -0.39 is 34.5 Å². The fourth-order valence-electron chi connectivity index (χ4n) is 3.16. The van der Waals surface area contributed by atoms with Gasteiger partial charge >= 0.3 is 0 Å². The van der Waals surface area contributed by atoms with Gasteiger partial charge in [-0.25, -0.2) is 0 Å². The lowest BCUT2D eigenvalue weighted by atomic mass is 9.71. The Morgan fingerprint density at radius 2 is 1.07 bits per heavy atom. The topological polar surface area (TPSA) is 312 Å². The molecule has 180 valence electrons. The van der Waals surface area contributed by atoms with Gasteiger partial charge < -0.3 is 51.6 Å². The molecule has 12 heteroatoms. The van der Waals surface area contributed by atoms with Gasteiger partial charge in [-0.05, 0) is 25.7 Å². The van der Waals surface area contributed by atoms with Crippen molar-refractivity contribution in [3.63, 3.8) is 0 Å². The Morgan fingerprint density at radius 3 is 1.57 bits per heavy atom. The van der Waals surface area contributed by atoms with Crippen LogP contribution in [0.3, 0.4) is 0 Å². The second-order valence-electron chi connectivity index (χ2n) is 8.68. The summed E-state index contributed by atoms with van der Waals surface area (Å²) in [6.07, 6.45) is 13.6. The molecule has 0 aromatic rings. The molecule has 24 N–H and O–H groups in total. The van der Waals surface area contributed by atoms with Gasteiger partial charge in [0.2, 0.25) is 0 Å². The lowest BCUT2D eigenvalue weighted by Crippen LogP contribution is -3.03. The van der Waals surface area contributed by atoms with Gasteiger partial charge in [-0.2, -0.15) is 0 Å². The van der Waals surface area contributed by atoms with Gasteiger partial charge in [-0.1, -0.05) is 51.2 Å². The second kappa shape index (κ2) is 11.2. The maximum atomic E-state index is 6.17. The summed E-state index contributed by atoms with van der Waals surface area (Å²) >= 11 is 0. The van der Waals surface area contributed by atoms with Crippen molar-refractivity contribution in [2.24, 2.45) is 68.8 Å². The van der Waals surface area contributed by atoms with Crippen LogP contribution in [0.15, 0.2) is 12.2 Å². The molecule has 1 atom stereocenters. The summed E-state index contributed by atoms with van der Waals surface area (Å²) in [6.45, 7) is 2.20. The molecule has 1 unspecified atom stereocenters. The average Bonchev–Trinajstić information content (AvgIpc) is 2.61. The van der Waals surface area contributed by atoms with E-state index in [0.717, 1.165) is 12.8 Å². The van der Waals surface area contributed by atoms with Gasteiger partial charge in [0.15, 0.2) is 5.79 Å². The minimum absolute atomic E-state index is 0.368. The summed E-state index contributed by atoms with van der Waals surface area (Å²) in [4.78, 5) is 0. The van der Waals surface area contributed by atoms with Crippen LogP contribution < -0.4 is 68.8 Å². The predicted molar refractivity (Wildman–Crippen MR) is 124 cm³/mol. The van der Waals surface area contributed by atoms with E-state index in [2.05, 4.69) is 13.0 Å². The zero-order valence-corrected chi connectivity index (χ0v) is 18.5. The van der Waals surface area contributed by atoms with Crippen molar-refractivity contribution in [2.45, 2.75) is 99.2 Å². The maximum Gasteiger partial charge on any atom is 0.151 e. The molecule has 0 bridgehead atoms. The van der Waals surface area contributed by atoms with Crippen molar-refractivity contribution < 1.29 is 0 Å². The molecule has 0 aromatic carbocycles. The summed E-state index contributed by atoms with van der Waals surface area (Å²) in [5.74, 6) is -2.24. The Balaban J connectivity index is 4.87. The molecule has 0 radical (unpaired) electrons. The number of hydrogen-bond acceptors (Lipinski definition) is 12. The summed E-state index contributed by atoms with van der Waals surface area (Å²) in [5.41, 5.74) is 62.4. The monoisotopic (exact) mass is 432 g/mol. The van der Waals surface area contributed by atoms with E-state index in [1.807, 2.05) is 6.08 Å². The van der Waals surface area contributed by atoms with Crippen LogP contribution in [0.4, 0.5) is 0 Å². The van der Waals surface area contributed by atoms with Gasteiger partial charge in [0.1, 0.15) is 22.7 Å². The van der Waals surface area contributed by atoms with Crippen LogP contribution in [-0.2, 0) is 0 Å². The Labute approximate surface area is 180 Å². The number of nitrogens with two attached hydrogens (primary N) is 12. The molecular weight excluding hydrogens is 384 g/mol. The van der Waals surface area contributed by atoms with Crippen LogP contribution in [0.2, 0.25) is 0 Å². The summed E-state index contributed by atoms with van der Waals surface area (Å²) in [6, 6.07) is -0.892. The highest BCUT2D eigenvalue weighted by Gasteiger charge is 2.65. The molecule has 0 amide bonds. The van der Waals surface area contributed by atoms with Crippen molar-refractivity contribution in [3.05, 3.63) is 12.2 Å². The first-order chi connectivity index (χ1) is 13.5. The molecule has 0 heterocycles. The average molecular weight is 433 g/mol. The molecule has 0 aromatic heterocycles. The molecule has 0 spiro atoms. The summed E-state index contributed by atoms with van der Waals surface area (Å²) < 4.78 is 0. The SMILES string of the molecule is CCCCCCCCC=CCCC(N)C(N)(N)C(N)(N)C(N)(N)C(N)(N)C(N)(N)N. The number of allylic oxidation sites excluding steroid dienone is 2. The number of hydrogen-bond donors (Lipinski definition) is 12. The highest BCUT2D eigenvalue weighted by Crippen LogP contribution is 2.27. The molecule has 0 aliphatic carbocycles. The van der Waals surface area contributed by atoms with E-state index in [4.69, 9.17) is 68.8 Å². The van der Waals surface area contributed by atoms with E-state index in [1.165, 1.54) is 32.1 Å². The largest absolute Gasteiger partial charge is 0.325 e. The van der Waals surface area contributed by atoms with Gasteiger partial charge in [0.05, 0.1) is 0 Å². The molecule has 0 saturated carbocycles. The first-order valence-electron chi connectivity index (χ1n) is 10.6. The Hall–Kier alpha value is -0.740. The van der Waals surface area contributed by atoms with Crippen molar-refractivity contribution >= 4 is 0 Å². The van der Waals surface area contributed by atoms with Crippen molar-refractivity contribution in [1.29, 1.82) is 0 Å². The van der Waals surface area contributed by atoms with Gasteiger partial charge in [-0.15, -0.1) is 0 Å². The van der Waals surface area contributed by atoms with Gasteiger partial charge in [0.25, 0.3) is 0 Å². The van der Waals surface area contributed by atoms with Crippen LogP contribution in [0, 0.1) is 0 Å². The molecule has 0 fully saturated rings. The molecule has 0 saturated heterocycles. The van der Waals surface area contributed by atoms with E-state index >= 15 is 0 Å². The Kier molecular flexibility index (Phi) is 10.9. The molecule has 0 rings (SSSR count). The van der Waals surface area contributed by atoms with E-state index in [1.54, 1.807) is 0 Å². The smallest absolute Gasteiger partial charge is 0.151 e. The molecule has 0 aliphatic heterocycles. The van der Waals surface area contributed by atoms with Crippen LogP contribution in [0.1, 0.15) is 64.7 Å². The fourth-order valence-corrected chi connectivity index (χ4v) is 3.16. The third-order valence-electron chi connectivity index (χ3n) is 5.95. The Morgan fingerprint density at radius 1 is 0.600 bits per heavy atom. The fraction of sp³-hybridized carbons (Fsp3) is 0.889. The molecule has 30 heavy (non-hydrogen) atoms. The van der Waals surface area contributed by atoms with Crippen molar-refractivity contribution in [3.8, 4) is 0 Å². The van der Waals surface area contributed by atoms with E-state index in [-0.39, 0.29) is 0 Å². The van der Waals surface area contributed by atoms with Crippen molar-refractivity contribution in [1.82, 2.24) is 0 Å². The molecule has 12 nitrogen and oxygen atoms in total. The van der Waals surface area contributed by atoms with Gasteiger partial charge in [-0.3, -0.25) is 17.2 Å². The quantitative estimate of drug-likeness (QED) is 0.0677. The zero-order valence-electron chi connectivity index (χ0n) is 18.5. The number of unbranched alkanes of at least 4 members (excludes halogenated alkanes) is 6. The first kappa shape index (κ1) is 29.3. The third-order valence-corrected chi connectivity index (χ3v) is 5.95. The lowest BCUT2D eigenvalue weighted by molar-refractivity contribution is 0.00786. The standard InChI is InChI=1S/C18H48N12/c1-2-3-4-5-6-7-8-9-10-11-12-13(19)14(20,21)15(22,23)16(24,25)17(26,27)18(28,29)30/h9-10,13H,2-8,11-12,19-30H2,1H3. The predicted octanol–water partition coefficient (Wildman–Crippen LogP) is -3.61. The maximum absolute atomic E-state index is 6.17. The summed E-state index contributed by atoms with van der Waals surface area (Å²) in [7, 11) is 0. The minimum Gasteiger partial charge on any atom is -0.325 e. The molecule has 0 aliphatic rings. The second-order valence-corrected chi connectivity index (χ2v) is 8.68. The highest BCUT2D eigenvalue weighted by molar-refractivity contribution is 5.25. The van der Waals surface area contributed by atoms with E-state index in [0.29, 0.717) is 12.8 Å². The van der Waals surface area contributed by atoms with Crippen LogP contribution in [-0.4, -0.2) is 34.5 Å². The van der Waals surface area contributed by atoms with Crippen LogP contribution in [0.5, 0.6) is 0 Å².